The van der Waals surface area contributed by atoms with E-state index in [1.54, 1.807) is 25.1 Å². The van der Waals surface area contributed by atoms with Crippen LogP contribution in [0.25, 0.3) is 11.5 Å². The van der Waals surface area contributed by atoms with Crippen molar-refractivity contribution >= 4 is 46.7 Å². The number of anilines is 1. The number of benzene rings is 1. The smallest absolute Gasteiger partial charge is 0.322 e. The molecule has 0 aliphatic heterocycles. The molecule has 112 valence electrons. The zero-order valence-corrected chi connectivity index (χ0v) is 13.3. The minimum atomic E-state index is -0.410. The number of aromatic nitrogens is 4. The molecular weight excluding hydrogens is 349 g/mol. The van der Waals surface area contributed by atoms with E-state index in [-0.39, 0.29) is 11.9 Å². The third kappa shape index (κ3) is 3.08. The first-order valence-electron chi connectivity index (χ1n) is 5.93. The number of nitrogens with one attached hydrogen (secondary N) is 1. The van der Waals surface area contributed by atoms with E-state index in [1.807, 2.05) is 0 Å². The highest BCUT2D eigenvalue weighted by molar-refractivity contribution is 7.08. The first-order valence-corrected chi connectivity index (χ1v) is 7.46. The van der Waals surface area contributed by atoms with Crippen molar-refractivity contribution in [2.45, 2.75) is 6.92 Å². The second-order valence-corrected chi connectivity index (χ2v) is 5.84. The van der Waals surface area contributed by atoms with Crippen molar-refractivity contribution in [1.29, 1.82) is 0 Å². The SMILES string of the molecule is Cc1nnsc1C(=O)Nc1nnc(-c2cc(Cl)cc(Cl)c2)o1. The van der Waals surface area contributed by atoms with Gasteiger partial charge in [-0.1, -0.05) is 32.8 Å². The maximum absolute atomic E-state index is 12.0. The van der Waals surface area contributed by atoms with E-state index in [4.69, 9.17) is 27.6 Å². The van der Waals surface area contributed by atoms with Crippen molar-refractivity contribution < 1.29 is 9.21 Å². The summed E-state index contributed by atoms with van der Waals surface area (Å²) in [6.07, 6.45) is 0. The Labute approximate surface area is 138 Å². The molecule has 2 aromatic heterocycles. The van der Waals surface area contributed by atoms with Gasteiger partial charge in [-0.15, -0.1) is 10.2 Å². The highest BCUT2D eigenvalue weighted by atomic mass is 35.5. The molecule has 1 aromatic carbocycles. The highest BCUT2D eigenvalue weighted by Crippen LogP contribution is 2.27. The second-order valence-electron chi connectivity index (χ2n) is 4.21. The quantitative estimate of drug-likeness (QED) is 0.772. The Bertz CT molecular complexity index is 827. The lowest BCUT2D eigenvalue weighted by molar-refractivity contribution is 0.102. The van der Waals surface area contributed by atoms with Gasteiger partial charge in [0, 0.05) is 15.6 Å². The van der Waals surface area contributed by atoms with Crippen molar-refractivity contribution in [3.05, 3.63) is 38.8 Å². The maximum Gasteiger partial charge on any atom is 0.322 e. The van der Waals surface area contributed by atoms with Crippen LogP contribution in [0, 0.1) is 6.92 Å². The van der Waals surface area contributed by atoms with Crippen LogP contribution in [0.3, 0.4) is 0 Å². The van der Waals surface area contributed by atoms with Gasteiger partial charge in [0.15, 0.2) is 0 Å². The molecule has 0 spiro atoms. The van der Waals surface area contributed by atoms with Gasteiger partial charge >= 0.3 is 6.01 Å². The summed E-state index contributed by atoms with van der Waals surface area (Å²) in [5, 5.41) is 14.7. The molecule has 0 saturated carbocycles. The Balaban J connectivity index is 1.82. The Morgan fingerprint density at radius 2 is 1.91 bits per heavy atom. The molecular formula is C12H7Cl2N5O2S. The van der Waals surface area contributed by atoms with E-state index in [0.717, 1.165) is 11.5 Å². The fourth-order valence-electron chi connectivity index (χ4n) is 1.66. The Morgan fingerprint density at radius 1 is 1.18 bits per heavy atom. The number of carbonyl (C=O) groups excluding carboxylic acids is 1. The third-order valence-electron chi connectivity index (χ3n) is 2.61. The number of amides is 1. The fourth-order valence-corrected chi connectivity index (χ4v) is 2.74. The number of rotatable bonds is 3. The summed E-state index contributed by atoms with van der Waals surface area (Å²) in [6, 6.07) is 4.81. The van der Waals surface area contributed by atoms with Gasteiger partial charge in [-0.25, -0.2) is 0 Å². The van der Waals surface area contributed by atoms with Gasteiger partial charge < -0.3 is 4.42 Å². The lowest BCUT2D eigenvalue weighted by Crippen LogP contribution is -2.11. The molecule has 0 radical (unpaired) electrons. The normalized spacial score (nSPS) is 10.7. The van der Waals surface area contributed by atoms with Crippen LogP contribution in [0.2, 0.25) is 10.0 Å². The molecule has 22 heavy (non-hydrogen) atoms. The molecule has 7 nitrogen and oxygen atoms in total. The lowest BCUT2D eigenvalue weighted by Gasteiger charge is -1.98. The van der Waals surface area contributed by atoms with E-state index in [0.29, 0.717) is 26.2 Å². The van der Waals surface area contributed by atoms with Gasteiger partial charge in [-0.05, 0) is 36.7 Å². The molecule has 1 N–H and O–H groups in total. The van der Waals surface area contributed by atoms with Crippen LogP contribution in [0.5, 0.6) is 0 Å². The molecule has 10 heteroatoms. The number of hydrogen-bond acceptors (Lipinski definition) is 7. The van der Waals surface area contributed by atoms with E-state index < -0.39 is 5.91 Å². The first-order chi connectivity index (χ1) is 10.5. The lowest BCUT2D eigenvalue weighted by atomic mass is 10.2. The molecule has 0 unspecified atom stereocenters. The van der Waals surface area contributed by atoms with Gasteiger partial charge in [-0.2, -0.15) is 0 Å². The van der Waals surface area contributed by atoms with E-state index in [2.05, 4.69) is 25.1 Å². The van der Waals surface area contributed by atoms with Gasteiger partial charge in [-0.3, -0.25) is 10.1 Å². The summed E-state index contributed by atoms with van der Waals surface area (Å²) < 4.78 is 9.07. The standard InChI is InChI=1S/C12H7Cl2N5O2S/c1-5-9(22-19-16-5)10(20)15-12-18-17-11(21-12)6-2-7(13)4-8(14)3-6/h2-4H,1H3,(H,15,18,20). The van der Waals surface area contributed by atoms with Crippen molar-refractivity contribution in [3.63, 3.8) is 0 Å². The van der Waals surface area contributed by atoms with Crippen LogP contribution < -0.4 is 5.32 Å². The summed E-state index contributed by atoms with van der Waals surface area (Å²) in [7, 11) is 0. The molecule has 0 aliphatic carbocycles. The minimum absolute atomic E-state index is 0.0381. The van der Waals surface area contributed by atoms with Gasteiger partial charge in [0.05, 0.1) is 5.69 Å². The largest absolute Gasteiger partial charge is 0.403 e. The van der Waals surface area contributed by atoms with Crippen LogP contribution in [0.1, 0.15) is 15.4 Å². The van der Waals surface area contributed by atoms with Crippen LogP contribution in [-0.4, -0.2) is 25.7 Å². The summed E-state index contributed by atoms with van der Waals surface area (Å²) in [6.45, 7) is 1.69. The first kappa shape index (κ1) is 14.9. The summed E-state index contributed by atoms with van der Waals surface area (Å²) in [5.74, 6) is -0.217. The van der Waals surface area contributed by atoms with Crippen molar-refractivity contribution in [3.8, 4) is 11.5 Å². The molecule has 0 saturated heterocycles. The summed E-state index contributed by atoms with van der Waals surface area (Å²) in [5.41, 5.74) is 1.09. The van der Waals surface area contributed by atoms with E-state index in [1.165, 1.54) is 0 Å². The zero-order chi connectivity index (χ0) is 15.7. The molecule has 3 aromatic rings. The van der Waals surface area contributed by atoms with Crippen molar-refractivity contribution in [2.75, 3.05) is 5.32 Å². The van der Waals surface area contributed by atoms with Crippen LogP contribution in [0.4, 0.5) is 6.01 Å². The Hall–Kier alpha value is -2.03. The number of carbonyl (C=O) groups is 1. The molecule has 3 rings (SSSR count). The highest BCUT2D eigenvalue weighted by Gasteiger charge is 2.17. The van der Waals surface area contributed by atoms with Crippen LogP contribution in [0.15, 0.2) is 22.6 Å². The maximum atomic E-state index is 12.0. The summed E-state index contributed by atoms with van der Waals surface area (Å²) >= 11 is 12.8. The number of halogens is 2. The van der Waals surface area contributed by atoms with E-state index >= 15 is 0 Å². The number of aryl methyl sites for hydroxylation is 1. The fraction of sp³-hybridized carbons (Fsp3) is 0.0833. The van der Waals surface area contributed by atoms with Crippen molar-refractivity contribution in [2.24, 2.45) is 0 Å². The average Bonchev–Trinajstić information content (AvgIpc) is 3.06. The average molecular weight is 356 g/mol. The molecule has 2 heterocycles. The molecule has 1 amide bonds. The van der Waals surface area contributed by atoms with Crippen molar-refractivity contribution in [1.82, 2.24) is 19.8 Å². The topological polar surface area (TPSA) is 93.8 Å². The molecule has 0 fully saturated rings. The van der Waals surface area contributed by atoms with Crippen LogP contribution >= 0.6 is 34.7 Å². The summed E-state index contributed by atoms with van der Waals surface area (Å²) in [4.78, 5) is 12.4. The van der Waals surface area contributed by atoms with Gasteiger partial charge in [0.2, 0.25) is 5.89 Å². The molecule has 0 atom stereocenters. The number of hydrogen-bond donors (Lipinski definition) is 1. The van der Waals surface area contributed by atoms with Gasteiger partial charge in [0.25, 0.3) is 5.91 Å². The Kier molecular flexibility index (Phi) is 4.06. The second kappa shape index (κ2) is 5.99. The van der Waals surface area contributed by atoms with Gasteiger partial charge in [0.1, 0.15) is 4.88 Å². The van der Waals surface area contributed by atoms with Crippen LogP contribution in [-0.2, 0) is 0 Å². The molecule has 0 bridgehead atoms. The zero-order valence-electron chi connectivity index (χ0n) is 11.0. The monoisotopic (exact) mass is 355 g/mol. The minimum Gasteiger partial charge on any atom is -0.403 e. The Morgan fingerprint density at radius 3 is 2.55 bits per heavy atom. The third-order valence-corrected chi connectivity index (χ3v) is 3.88. The molecule has 0 aliphatic rings. The van der Waals surface area contributed by atoms with E-state index in [9.17, 15) is 4.79 Å². The predicted molar refractivity (Wildman–Crippen MR) is 82.4 cm³/mol. The predicted octanol–water partition coefficient (Wildman–Crippen LogP) is 3.46. The number of nitrogens with zero attached hydrogens (tertiary/aromatic N) is 4.